The lowest BCUT2D eigenvalue weighted by atomic mass is 10.2. The molecular weight excluding hydrogens is 196 g/mol. The van der Waals surface area contributed by atoms with Crippen LogP contribution in [0.1, 0.15) is 30.1 Å². The number of rotatable bonds is 5. The Kier molecular flexibility index (Phi) is 3.97. The van der Waals surface area contributed by atoms with E-state index in [1.54, 1.807) is 6.07 Å². The van der Waals surface area contributed by atoms with Crippen molar-refractivity contribution in [1.29, 1.82) is 0 Å². The van der Waals surface area contributed by atoms with Crippen molar-refractivity contribution in [2.24, 2.45) is 0 Å². The van der Waals surface area contributed by atoms with Crippen molar-refractivity contribution >= 4 is 5.97 Å². The molecule has 4 nitrogen and oxygen atoms in total. The Hall–Kier alpha value is -1.71. The number of hydrogen-bond donors (Lipinski definition) is 2. The lowest BCUT2D eigenvalue weighted by Gasteiger charge is -2.06. The summed E-state index contributed by atoms with van der Waals surface area (Å²) in [6, 6.07) is 4.20. The van der Waals surface area contributed by atoms with Gasteiger partial charge in [-0.1, -0.05) is 13.3 Å². The van der Waals surface area contributed by atoms with Crippen LogP contribution in [0.2, 0.25) is 0 Å². The second-order valence-corrected chi connectivity index (χ2v) is 3.19. The highest BCUT2D eigenvalue weighted by molar-refractivity contribution is 5.91. The van der Waals surface area contributed by atoms with Crippen LogP contribution in [-0.4, -0.2) is 22.8 Å². The average Bonchev–Trinajstić information content (AvgIpc) is 2.20. The van der Waals surface area contributed by atoms with Gasteiger partial charge in [-0.2, -0.15) is 0 Å². The minimum absolute atomic E-state index is 0.135. The maximum atomic E-state index is 10.7. The highest BCUT2D eigenvalue weighted by atomic mass is 16.5. The van der Waals surface area contributed by atoms with Crippen molar-refractivity contribution in [3.8, 4) is 11.5 Å². The van der Waals surface area contributed by atoms with Crippen LogP contribution in [-0.2, 0) is 0 Å². The number of carboxylic acids is 1. The van der Waals surface area contributed by atoms with Crippen molar-refractivity contribution < 1.29 is 19.7 Å². The third-order valence-electron chi connectivity index (χ3n) is 1.97. The molecule has 2 N–H and O–H groups in total. The summed E-state index contributed by atoms with van der Waals surface area (Å²) in [5.74, 6) is -0.933. The molecule has 0 aromatic heterocycles. The molecule has 0 heterocycles. The van der Waals surface area contributed by atoms with E-state index in [1.807, 2.05) is 6.92 Å². The van der Waals surface area contributed by atoms with Crippen molar-refractivity contribution in [3.63, 3.8) is 0 Å². The van der Waals surface area contributed by atoms with E-state index in [0.717, 1.165) is 12.8 Å². The Morgan fingerprint density at radius 1 is 1.47 bits per heavy atom. The summed E-state index contributed by atoms with van der Waals surface area (Å²) >= 11 is 0. The molecular formula is C11H14O4. The Morgan fingerprint density at radius 2 is 2.20 bits per heavy atom. The molecule has 0 unspecified atom stereocenters. The summed E-state index contributed by atoms with van der Waals surface area (Å²) in [6.07, 6.45) is 1.94. The van der Waals surface area contributed by atoms with Crippen LogP contribution >= 0.6 is 0 Å². The zero-order chi connectivity index (χ0) is 11.3. The lowest BCUT2D eigenvalue weighted by molar-refractivity contribution is 0.0693. The number of aromatic hydroxyl groups is 1. The molecule has 1 aromatic carbocycles. The summed E-state index contributed by atoms with van der Waals surface area (Å²) in [7, 11) is 0. The third-order valence-corrected chi connectivity index (χ3v) is 1.97. The Morgan fingerprint density at radius 3 is 2.80 bits per heavy atom. The van der Waals surface area contributed by atoms with E-state index in [9.17, 15) is 9.90 Å². The van der Waals surface area contributed by atoms with Gasteiger partial charge < -0.3 is 14.9 Å². The summed E-state index contributed by atoms with van der Waals surface area (Å²) in [5, 5.41) is 18.0. The van der Waals surface area contributed by atoms with Crippen LogP contribution in [0.15, 0.2) is 18.2 Å². The van der Waals surface area contributed by atoms with Gasteiger partial charge in [0.1, 0.15) is 17.1 Å². The van der Waals surface area contributed by atoms with E-state index < -0.39 is 5.97 Å². The van der Waals surface area contributed by atoms with E-state index in [2.05, 4.69) is 0 Å². The lowest BCUT2D eigenvalue weighted by Crippen LogP contribution is -2.00. The zero-order valence-electron chi connectivity index (χ0n) is 8.56. The fourth-order valence-corrected chi connectivity index (χ4v) is 1.11. The first-order chi connectivity index (χ1) is 7.15. The number of carboxylic acid groups (broad SMARTS) is 1. The van der Waals surface area contributed by atoms with Gasteiger partial charge in [0.2, 0.25) is 0 Å². The van der Waals surface area contributed by atoms with Gasteiger partial charge in [0.15, 0.2) is 0 Å². The first-order valence-electron chi connectivity index (χ1n) is 4.84. The monoisotopic (exact) mass is 210 g/mol. The van der Waals surface area contributed by atoms with E-state index in [0.29, 0.717) is 12.4 Å². The van der Waals surface area contributed by atoms with Gasteiger partial charge in [0.05, 0.1) is 6.61 Å². The molecule has 0 bridgehead atoms. The Bertz CT molecular complexity index is 346. The number of unbranched alkanes of at least 4 members (excludes halogenated alkanes) is 1. The van der Waals surface area contributed by atoms with Crippen LogP contribution in [0.5, 0.6) is 11.5 Å². The predicted molar refractivity (Wildman–Crippen MR) is 55.5 cm³/mol. The second-order valence-electron chi connectivity index (χ2n) is 3.19. The molecule has 0 aliphatic heterocycles. The van der Waals surface area contributed by atoms with E-state index in [4.69, 9.17) is 9.84 Å². The highest BCUT2D eigenvalue weighted by Gasteiger charge is 2.10. The van der Waals surface area contributed by atoms with Crippen molar-refractivity contribution in [2.75, 3.05) is 6.61 Å². The van der Waals surface area contributed by atoms with E-state index in [-0.39, 0.29) is 11.3 Å². The number of benzene rings is 1. The van der Waals surface area contributed by atoms with Crippen LogP contribution in [0.3, 0.4) is 0 Å². The van der Waals surface area contributed by atoms with E-state index >= 15 is 0 Å². The SMILES string of the molecule is CCCCOc1ccc(O)c(C(=O)O)c1. The maximum Gasteiger partial charge on any atom is 0.339 e. The summed E-state index contributed by atoms with van der Waals surface area (Å²) in [4.78, 5) is 10.7. The molecule has 15 heavy (non-hydrogen) atoms. The van der Waals surface area contributed by atoms with Crippen LogP contribution < -0.4 is 4.74 Å². The third kappa shape index (κ3) is 3.16. The van der Waals surface area contributed by atoms with Crippen molar-refractivity contribution in [2.45, 2.75) is 19.8 Å². The summed E-state index contributed by atoms with van der Waals surface area (Å²) in [5.41, 5.74) is -0.135. The Labute approximate surface area is 88.1 Å². The van der Waals surface area contributed by atoms with Crippen LogP contribution in [0, 0.1) is 0 Å². The Balaban J connectivity index is 2.74. The molecule has 0 atom stereocenters. The molecule has 0 saturated heterocycles. The largest absolute Gasteiger partial charge is 0.507 e. The zero-order valence-corrected chi connectivity index (χ0v) is 8.56. The number of hydrogen-bond acceptors (Lipinski definition) is 3. The highest BCUT2D eigenvalue weighted by Crippen LogP contribution is 2.23. The number of ether oxygens (including phenoxy) is 1. The first kappa shape index (κ1) is 11.4. The fraction of sp³-hybridized carbons (Fsp3) is 0.364. The standard InChI is InChI=1S/C11H14O4/c1-2-3-6-15-8-4-5-10(12)9(7-8)11(13)14/h4-5,7,12H,2-3,6H2,1H3,(H,13,14). The quantitative estimate of drug-likeness (QED) is 0.731. The number of aromatic carboxylic acids is 1. The van der Waals surface area contributed by atoms with Gasteiger partial charge in [-0.05, 0) is 24.6 Å². The normalized spacial score (nSPS) is 9.93. The molecule has 4 heteroatoms. The van der Waals surface area contributed by atoms with Gasteiger partial charge >= 0.3 is 5.97 Å². The predicted octanol–water partition coefficient (Wildman–Crippen LogP) is 2.27. The van der Waals surface area contributed by atoms with Gasteiger partial charge in [-0.15, -0.1) is 0 Å². The summed E-state index contributed by atoms with van der Waals surface area (Å²) < 4.78 is 5.32. The molecule has 0 spiro atoms. The first-order valence-corrected chi connectivity index (χ1v) is 4.84. The van der Waals surface area contributed by atoms with Crippen molar-refractivity contribution in [3.05, 3.63) is 23.8 Å². The van der Waals surface area contributed by atoms with Gasteiger partial charge in [0.25, 0.3) is 0 Å². The number of phenols is 1. The van der Waals surface area contributed by atoms with Crippen LogP contribution in [0.25, 0.3) is 0 Å². The minimum atomic E-state index is -1.16. The minimum Gasteiger partial charge on any atom is -0.507 e. The maximum absolute atomic E-state index is 10.7. The molecule has 1 rings (SSSR count). The van der Waals surface area contributed by atoms with Gasteiger partial charge in [-0.3, -0.25) is 0 Å². The topological polar surface area (TPSA) is 66.8 Å². The second kappa shape index (κ2) is 5.24. The van der Waals surface area contributed by atoms with E-state index in [1.165, 1.54) is 12.1 Å². The molecule has 0 aliphatic carbocycles. The van der Waals surface area contributed by atoms with Crippen LogP contribution in [0.4, 0.5) is 0 Å². The van der Waals surface area contributed by atoms with Crippen molar-refractivity contribution in [1.82, 2.24) is 0 Å². The molecule has 0 radical (unpaired) electrons. The molecule has 0 aliphatic rings. The smallest absolute Gasteiger partial charge is 0.339 e. The van der Waals surface area contributed by atoms with Gasteiger partial charge in [0, 0.05) is 0 Å². The molecule has 0 saturated carbocycles. The average molecular weight is 210 g/mol. The molecule has 1 aromatic rings. The summed E-state index contributed by atoms with van der Waals surface area (Å²) in [6.45, 7) is 2.60. The van der Waals surface area contributed by atoms with Gasteiger partial charge in [-0.25, -0.2) is 4.79 Å². The number of carbonyl (C=O) groups is 1. The molecule has 0 fully saturated rings. The fourth-order valence-electron chi connectivity index (χ4n) is 1.11. The molecule has 0 amide bonds. The molecule has 82 valence electrons.